The van der Waals surface area contributed by atoms with Crippen LogP contribution in [0, 0.1) is 9.39 Å². The Morgan fingerprint density at radius 1 is 1.42 bits per heavy atom. The Morgan fingerprint density at radius 3 is 2.75 bits per heavy atom. The summed E-state index contributed by atoms with van der Waals surface area (Å²) >= 11 is 7.50. The van der Waals surface area contributed by atoms with Gasteiger partial charge in [-0.3, -0.25) is 0 Å². The predicted molar refractivity (Wildman–Crippen MR) is 58.2 cm³/mol. The van der Waals surface area contributed by atoms with Gasteiger partial charge in [0, 0.05) is 9.45 Å². The minimum absolute atomic E-state index is 0.136. The summed E-state index contributed by atoms with van der Waals surface area (Å²) in [6.07, 6.45) is 1.76. The summed E-state index contributed by atoms with van der Waals surface area (Å²) < 4.78 is 13.6. The van der Waals surface area contributed by atoms with E-state index in [2.05, 4.69) is 0 Å². The first-order valence-corrected chi connectivity index (χ1v) is 5.35. The molecule has 0 aliphatic heterocycles. The van der Waals surface area contributed by atoms with E-state index in [9.17, 15) is 4.39 Å². The molecule has 0 unspecified atom stereocenters. The second-order valence-corrected chi connectivity index (χ2v) is 4.08. The molecular weight excluding hydrogens is 289 g/mol. The molecular formula is C9H9ClFI. The zero-order valence-corrected chi connectivity index (χ0v) is 9.40. The molecule has 0 spiro atoms. The first-order valence-electron chi connectivity index (χ1n) is 3.74. The number of benzene rings is 1. The zero-order chi connectivity index (χ0) is 8.97. The molecule has 0 atom stereocenters. The van der Waals surface area contributed by atoms with Gasteiger partial charge in [0.25, 0.3) is 0 Å². The van der Waals surface area contributed by atoms with Crippen LogP contribution < -0.4 is 0 Å². The molecule has 0 saturated heterocycles. The Balaban J connectivity index is 2.69. The van der Waals surface area contributed by atoms with Crippen molar-refractivity contribution in [3.63, 3.8) is 0 Å². The smallest absolute Gasteiger partial charge is 0.136 e. The highest BCUT2D eigenvalue weighted by molar-refractivity contribution is 14.1. The highest BCUT2D eigenvalue weighted by Crippen LogP contribution is 2.13. The van der Waals surface area contributed by atoms with Crippen molar-refractivity contribution < 1.29 is 4.39 Å². The third kappa shape index (κ3) is 2.90. The van der Waals surface area contributed by atoms with Crippen molar-refractivity contribution in [2.45, 2.75) is 12.8 Å². The van der Waals surface area contributed by atoms with Gasteiger partial charge in [-0.15, -0.1) is 11.6 Å². The summed E-state index contributed by atoms with van der Waals surface area (Å²) in [7, 11) is 0. The number of rotatable bonds is 3. The van der Waals surface area contributed by atoms with Crippen LogP contribution in [-0.2, 0) is 6.42 Å². The largest absolute Gasteiger partial charge is 0.206 e. The van der Waals surface area contributed by atoms with Crippen LogP contribution in [0.15, 0.2) is 18.2 Å². The molecule has 1 rings (SSSR count). The van der Waals surface area contributed by atoms with Crippen LogP contribution in [0.2, 0.25) is 0 Å². The third-order valence-corrected chi connectivity index (χ3v) is 2.73. The van der Waals surface area contributed by atoms with Crippen LogP contribution in [-0.4, -0.2) is 5.88 Å². The molecule has 0 aliphatic rings. The van der Waals surface area contributed by atoms with Gasteiger partial charge in [-0.2, -0.15) is 0 Å². The maximum absolute atomic E-state index is 13.0. The highest BCUT2D eigenvalue weighted by Gasteiger charge is 1.99. The fourth-order valence-electron chi connectivity index (χ4n) is 0.966. The van der Waals surface area contributed by atoms with Crippen LogP contribution in [0.1, 0.15) is 12.0 Å². The third-order valence-electron chi connectivity index (χ3n) is 1.58. The van der Waals surface area contributed by atoms with Crippen molar-refractivity contribution in [2.24, 2.45) is 0 Å². The summed E-state index contributed by atoms with van der Waals surface area (Å²) in [6, 6.07) is 5.31. The van der Waals surface area contributed by atoms with Gasteiger partial charge in [-0.25, -0.2) is 4.39 Å². The van der Waals surface area contributed by atoms with Gasteiger partial charge in [-0.05, 0) is 53.1 Å². The van der Waals surface area contributed by atoms with Crippen molar-refractivity contribution in [1.82, 2.24) is 0 Å². The highest BCUT2D eigenvalue weighted by atomic mass is 127. The maximum Gasteiger partial charge on any atom is 0.136 e. The second-order valence-electron chi connectivity index (χ2n) is 2.54. The average Bonchev–Trinajstić information content (AvgIpc) is 2.07. The minimum atomic E-state index is -0.136. The van der Waals surface area contributed by atoms with Crippen molar-refractivity contribution in [2.75, 3.05) is 5.88 Å². The van der Waals surface area contributed by atoms with Crippen molar-refractivity contribution in [1.29, 1.82) is 0 Å². The van der Waals surface area contributed by atoms with Gasteiger partial charge < -0.3 is 0 Å². The number of hydrogen-bond donors (Lipinski definition) is 0. The monoisotopic (exact) mass is 298 g/mol. The van der Waals surface area contributed by atoms with Crippen LogP contribution in [0.25, 0.3) is 0 Å². The van der Waals surface area contributed by atoms with Gasteiger partial charge in [0.2, 0.25) is 0 Å². The molecule has 0 saturated carbocycles. The summed E-state index contributed by atoms with van der Waals surface area (Å²) in [5.41, 5.74) is 1.02. The molecule has 0 nitrogen and oxygen atoms in total. The SMILES string of the molecule is Fc1cc(CCCCl)ccc1I. The summed E-state index contributed by atoms with van der Waals surface area (Å²) in [4.78, 5) is 0. The van der Waals surface area contributed by atoms with Gasteiger partial charge in [0.1, 0.15) is 5.82 Å². The Morgan fingerprint density at radius 2 is 2.17 bits per heavy atom. The van der Waals surface area contributed by atoms with Gasteiger partial charge in [-0.1, -0.05) is 6.07 Å². The molecule has 0 heterocycles. The lowest BCUT2D eigenvalue weighted by atomic mass is 10.1. The minimum Gasteiger partial charge on any atom is -0.206 e. The van der Waals surface area contributed by atoms with Gasteiger partial charge in [0.05, 0.1) is 0 Å². The molecule has 1 aromatic carbocycles. The standard InChI is InChI=1S/C9H9ClFI/c10-5-1-2-7-3-4-9(12)8(11)6-7/h3-4,6H,1-2,5H2. The van der Waals surface area contributed by atoms with E-state index >= 15 is 0 Å². The fraction of sp³-hybridized carbons (Fsp3) is 0.333. The Labute approximate surface area is 90.3 Å². The van der Waals surface area contributed by atoms with E-state index in [4.69, 9.17) is 11.6 Å². The normalized spacial score (nSPS) is 10.2. The molecule has 0 aromatic heterocycles. The number of hydrogen-bond acceptors (Lipinski definition) is 0. The lowest BCUT2D eigenvalue weighted by molar-refractivity contribution is 0.617. The van der Waals surface area contributed by atoms with Crippen LogP contribution >= 0.6 is 34.2 Å². The molecule has 0 bridgehead atoms. The van der Waals surface area contributed by atoms with Crippen molar-refractivity contribution in [3.05, 3.63) is 33.1 Å². The molecule has 0 N–H and O–H groups in total. The van der Waals surface area contributed by atoms with E-state index in [1.165, 1.54) is 0 Å². The predicted octanol–water partition coefficient (Wildman–Crippen LogP) is 3.60. The van der Waals surface area contributed by atoms with E-state index in [1.54, 1.807) is 12.1 Å². The van der Waals surface area contributed by atoms with E-state index in [0.29, 0.717) is 9.45 Å². The van der Waals surface area contributed by atoms with E-state index < -0.39 is 0 Å². The number of aryl methyl sites for hydroxylation is 1. The molecule has 3 heteroatoms. The molecule has 66 valence electrons. The van der Waals surface area contributed by atoms with E-state index in [0.717, 1.165) is 18.4 Å². The quantitative estimate of drug-likeness (QED) is 0.591. The second kappa shape index (κ2) is 5.02. The van der Waals surface area contributed by atoms with Crippen LogP contribution in [0.5, 0.6) is 0 Å². The number of halogens is 3. The molecule has 0 radical (unpaired) electrons. The number of alkyl halides is 1. The van der Waals surface area contributed by atoms with Crippen LogP contribution in [0.3, 0.4) is 0 Å². The lowest BCUT2D eigenvalue weighted by Crippen LogP contribution is -1.89. The molecule has 0 amide bonds. The van der Waals surface area contributed by atoms with Crippen LogP contribution in [0.4, 0.5) is 4.39 Å². The Kier molecular flexibility index (Phi) is 4.29. The molecule has 0 fully saturated rings. The van der Waals surface area contributed by atoms with E-state index in [1.807, 2.05) is 28.7 Å². The van der Waals surface area contributed by atoms with Crippen molar-refractivity contribution >= 4 is 34.2 Å². The lowest BCUT2D eigenvalue weighted by Gasteiger charge is -2.00. The first kappa shape index (κ1) is 10.3. The first-order chi connectivity index (χ1) is 5.74. The summed E-state index contributed by atoms with van der Waals surface area (Å²) in [5, 5.41) is 0. The van der Waals surface area contributed by atoms with Gasteiger partial charge in [0.15, 0.2) is 0 Å². The fourth-order valence-corrected chi connectivity index (χ4v) is 1.44. The Bertz CT molecular complexity index is 263. The molecule has 0 aliphatic carbocycles. The molecule has 12 heavy (non-hydrogen) atoms. The summed E-state index contributed by atoms with van der Waals surface area (Å²) in [6.45, 7) is 0. The van der Waals surface area contributed by atoms with E-state index in [-0.39, 0.29) is 5.82 Å². The molecule has 1 aromatic rings. The summed E-state index contributed by atoms with van der Waals surface area (Å²) in [5.74, 6) is 0.496. The average molecular weight is 299 g/mol. The maximum atomic E-state index is 13.0. The van der Waals surface area contributed by atoms with Crippen molar-refractivity contribution in [3.8, 4) is 0 Å². The Hall–Kier alpha value is 0.170. The zero-order valence-electron chi connectivity index (χ0n) is 6.49. The topological polar surface area (TPSA) is 0 Å². The van der Waals surface area contributed by atoms with Gasteiger partial charge >= 0.3 is 0 Å².